The molecule has 2 aliphatic rings. The molecule has 0 aliphatic heterocycles. The molecule has 6 heterocycles. The van der Waals surface area contributed by atoms with Crippen molar-refractivity contribution >= 4 is 130 Å². The number of hydrogen-bond donors (Lipinski definition) is 0. The summed E-state index contributed by atoms with van der Waals surface area (Å²) in [4.78, 5) is 10.4. The Balaban J connectivity index is 0.000000130. The van der Waals surface area contributed by atoms with Crippen LogP contribution in [0.15, 0.2) is 401 Å². The topological polar surface area (TPSA) is 45.5 Å². The largest absolute Gasteiger partial charge is 0.309 e. The van der Waals surface area contributed by atoms with Crippen LogP contribution in [0.4, 0.5) is 0 Å². The molecule has 536 valence electrons. The zero-order chi connectivity index (χ0) is 75.8. The van der Waals surface area contributed by atoms with Crippen LogP contribution in [0.25, 0.3) is 242 Å². The summed E-state index contributed by atoms with van der Waals surface area (Å²) in [6.07, 6.45) is 2.07. The van der Waals surface area contributed by atoms with Gasteiger partial charge in [-0.05, 0) is 204 Å². The fourth-order valence-corrected chi connectivity index (χ4v) is 20.0. The Morgan fingerprint density at radius 1 is 0.190 bits per heavy atom. The van der Waals surface area contributed by atoms with Gasteiger partial charge in [0.15, 0.2) is 0 Å². The molecule has 24 aromatic rings. The number of fused-ring (bicyclic) bond motifs is 22. The van der Waals surface area contributed by atoms with E-state index in [-0.39, 0.29) is 0 Å². The van der Waals surface area contributed by atoms with Gasteiger partial charge in [0.2, 0.25) is 0 Å². The van der Waals surface area contributed by atoms with Crippen molar-refractivity contribution in [1.29, 1.82) is 0 Å². The lowest BCUT2D eigenvalue weighted by Crippen LogP contribution is -1.95. The molecule has 116 heavy (non-hydrogen) atoms. The minimum atomic E-state index is 0.983. The molecule has 26 rings (SSSR count). The summed E-state index contributed by atoms with van der Waals surface area (Å²) < 4.78 is 9.70. The standard InChI is InChI=1S/2C55H33N3/c1-2-15-36(16-3-1)57-50-27-11-9-23-44(50)53-41-21-6-5-19-39(41)45(32-52(53)57)35-28-29-51-46(31-35)40-20-8-10-26-49(40)58(51)37-17-12-14-34(30-37)47-33-56-48-25-13-24-43-38-18-4-7-22-42(38)54(47)55(43)48;1-2-16-37(17-3-1)57-50-27-11-9-24-45(50)54-43-22-6-4-20-40(43)46(33-52(54)57)34-28-29-51-47(31-34)41-21-8-10-26-49(41)58(51)38-18-12-14-35(30-38)48-32-36-15-13-25-42-39-19-5-7-23-44(39)55(56-48)53(36)42/h2*1-33H. The summed E-state index contributed by atoms with van der Waals surface area (Å²) in [7, 11) is 0. The van der Waals surface area contributed by atoms with Gasteiger partial charge in [-0.3, -0.25) is 4.98 Å². The highest BCUT2D eigenvalue weighted by molar-refractivity contribution is 6.27. The van der Waals surface area contributed by atoms with Gasteiger partial charge in [0, 0.05) is 105 Å². The molecule has 18 aromatic carbocycles. The minimum Gasteiger partial charge on any atom is -0.309 e. The normalized spacial score (nSPS) is 12.1. The van der Waals surface area contributed by atoms with Crippen LogP contribution in [0, 0.1) is 0 Å². The lowest BCUT2D eigenvalue weighted by molar-refractivity contribution is 1.18. The lowest BCUT2D eigenvalue weighted by Gasteiger charge is -2.14. The van der Waals surface area contributed by atoms with Crippen molar-refractivity contribution in [1.82, 2.24) is 28.2 Å². The molecule has 0 unspecified atom stereocenters. The highest BCUT2D eigenvalue weighted by atomic mass is 15.0. The van der Waals surface area contributed by atoms with Crippen LogP contribution in [-0.4, -0.2) is 28.2 Å². The average Bonchev–Trinajstić information content (AvgIpc) is 1.56. The number of nitrogens with zero attached hydrogens (tertiary/aromatic N) is 6. The van der Waals surface area contributed by atoms with Crippen molar-refractivity contribution in [2.75, 3.05) is 0 Å². The first kappa shape index (κ1) is 64.2. The second-order valence-corrected chi connectivity index (χ2v) is 31.0. The molecule has 0 saturated heterocycles. The van der Waals surface area contributed by atoms with Crippen LogP contribution < -0.4 is 0 Å². The fourth-order valence-electron chi connectivity index (χ4n) is 20.0. The van der Waals surface area contributed by atoms with Gasteiger partial charge in [-0.1, -0.05) is 273 Å². The molecule has 0 bridgehead atoms. The van der Waals surface area contributed by atoms with Crippen LogP contribution in [-0.2, 0) is 0 Å². The number of para-hydroxylation sites is 6. The Morgan fingerprint density at radius 3 is 1.14 bits per heavy atom. The highest BCUT2D eigenvalue weighted by Crippen LogP contribution is 2.53. The molecule has 6 aromatic heterocycles. The third kappa shape index (κ3) is 9.41. The van der Waals surface area contributed by atoms with Crippen LogP contribution in [0.2, 0.25) is 0 Å². The molecule has 2 aliphatic carbocycles. The van der Waals surface area contributed by atoms with Crippen molar-refractivity contribution in [3.63, 3.8) is 0 Å². The molecule has 0 saturated carbocycles. The van der Waals surface area contributed by atoms with Gasteiger partial charge >= 0.3 is 0 Å². The van der Waals surface area contributed by atoms with E-state index in [1.54, 1.807) is 0 Å². The predicted octanol–water partition coefficient (Wildman–Crippen LogP) is 29.1. The quantitative estimate of drug-likeness (QED) is 0.152. The second-order valence-electron chi connectivity index (χ2n) is 31.0. The molecule has 0 N–H and O–H groups in total. The first-order chi connectivity index (χ1) is 57.6. The minimum absolute atomic E-state index is 0.983. The number of aromatic nitrogens is 6. The maximum absolute atomic E-state index is 5.35. The maximum atomic E-state index is 5.35. The zero-order valence-electron chi connectivity index (χ0n) is 62.8. The average molecular weight is 1470 g/mol. The molecular formula is C110H66N6. The van der Waals surface area contributed by atoms with Gasteiger partial charge in [0.25, 0.3) is 0 Å². The summed E-state index contributed by atoms with van der Waals surface area (Å²) in [6.45, 7) is 0. The zero-order valence-corrected chi connectivity index (χ0v) is 62.8. The van der Waals surface area contributed by atoms with Crippen molar-refractivity contribution < 1.29 is 0 Å². The second kappa shape index (κ2) is 25.0. The maximum Gasteiger partial charge on any atom is 0.0800 e. The van der Waals surface area contributed by atoms with Gasteiger partial charge in [0.1, 0.15) is 0 Å². The molecule has 0 radical (unpaired) electrons. The van der Waals surface area contributed by atoms with Gasteiger partial charge in [0.05, 0.1) is 61.0 Å². The molecule has 0 fully saturated rings. The number of rotatable bonds is 8. The van der Waals surface area contributed by atoms with E-state index >= 15 is 0 Å². The van der Waals surface area contributed by atoms with Crippen LogP contribution >= 0.6 is 0 Å². The number of benzene rings is 18. The van der Waals surface area contributed by atoms with Gasteiger partial charge in [-0.25, -0.2) is 4.98 Å². The number of pyridine rings is 2. The van der Waals surface area contributed by atoms with E-state index in [0.29, 0.717) is 0 Å². The smallest absolute Gasteiger partial charge is 0.0800 e. The highest BCUT2D eigenvalue weighted by Gasteiger charge is 2.29. The van der Waals surface area contributed by atoms with E-state index < -0.39 is 0 Å². The summed E-state index contributed by atoms with van der Waals surface area (Å²) in [5.41, 5.74) is 34.3. The first-order valence-corrected chi connectivity index (χ1v) is 39.9. The monoisotopic (exact) mass is 1470 g/mol. The van der Waals surface area contributed by atoms with E-state index in [2.05, 4.69) is 419 Å². The van der Waals surface area contributed by atoms with Crippen molar-refractivity contribution in [2.45, 2.75) is 0 Å². The van der Waals surface area contributed by atoms with E-state index in [9.17, 15) is 0 Å². The van der Waals surface area contributed by atoms with E-state index in [0.717, 1.165) is 56.3 Å². The van der Waals surface area contributed by atoms with Crippen LogP contribution in [0.5, 0.6) is 0 Å². The van der Waals surface area contributed by atoms with E-state index in [1.807, 2.05) is 0 Å². The van der Waals surface area contributed by atoms with Crippen molar-refractivity contribution in [3.8, 4) is 112 Å². The fraction of sp³-hybridized carbons (Fsp3) is 0. The Hall–Kier alpha value is -15.5. The van der Waals surface area contributed by atoms with Crippen LogP contribution in [0.1, 0.15) is 0 Å². The van der Waals surface area contributed by atoms with Crippen LogP contribution in [0.3, 0.4) is 0 Å². The molecular weight excluding hydrogens is 1410 g/mol. The Morgan fingerprint density at radius 2 is 0.578 bits per heavy atom. The summed E-state index contributed by atoms with van der Waals surface area (Å²) in [5.74, 6) is 0. The third-order valence-electron chi connectivity index (χ3n) is 24.9. The molecule has 6 nitrogen and oxygen atoms in total. The summed E-state index contributed by atoms with van der Waals surface area (Å²) >= 11 is 0. The molecule has 0 atom stereocenters. The third-order valence-corrected chi connectivity index (χ3v) is 24.9. The molecule has 0 amide bonds. The van der Waals surface area contributed by atoms with E-state index in [4.69, 9.17) is 9.97 Å². The summed E-state index contributed by atoms with van der Waals surface area (Å²) in [5, 5.41) is 18.8. The van der Waals surface area contributed by atoms with Crippen molar-refractivity contribution in [3.05, 3.63) is 401 Å². The predicted molar refractivity (Wildman–Crippen MR) is 486 cm³/mol. The van der Waals surface area contributed by atoms with E-state index in [1.165, 1.54) is 186 Å². The SMILES string of the molecule is c1ccc(-n2c3ccccc3c3c4ccccc4c(-c4ccc5c(c4)c4ccccc4n5-c4cccc(-c5cc6cccc7c6c(n5)-c5ccccc5-7)c4)cc32)cc1.c1ccc(-n2c3ccccc3c3c4ccccc4c(-c4ccc5c(c4)c4ccccc4n5-c4cccc(-c5cnc6cccc7c6c5-c5ccccc5-7)c4)cc32)cc1. The molecule has 0 spiro atoms. The molecule has 6 heteroatoms. The lowest BCUT2D eigenvalue weighted by atomic mass is 9.94. The van der Waals surface area contributed by atoms with Gasteiger partial charge in [-0.2, -0.15) is 0 Å². The van der Waals surface area contributed by atoms with Gasteiger partial charge in [-0.15, -0.1) is 0 Å². The van der Waals surface area contributed by atoms with Crippen molar-refractivity contribution in [2.24, 2.45) is 0 Å². The summed E-state index contributed by atoms with van der Waals surface area (Å²) in [6, 6.07) is 144. The Kier molecular flexibility index (Phi) is 13.8. The van der Waals surface area contributed by atoms with Gasteiger partial charge < -0.3 is 18.3 Å². The number of hydrogen-bond acceptors (Lipinski definition) is 2. The Bertz CT molecular complexity index is 8330. The Labute approximate surface area is 666 Å². The first-order valence-electron chi connectivity index (χ1n) is 39.9.